The highest BCUT2D eigenvalue weighted by molar-refractivity contribution is 14.1. The molecule has 0 radical (unpaired) electrons. The van der Waals surface area contributed by atoms with Crippen molar-refractivity contribution < 1.29 is 13.9 Å². The van der Waals surface area contributed by atoms with Crippen LogP contribution in [0, 0.1) is 40.0 Å². The Labute approximate surface area is 258 Å². The molecule has 0 bridgehead atoms. The summed E-state index contributed by atoms with van der Waals surface area (Å²) in [4.78, 5) is 15.8. The quantitative estimate of drug-likeness (QED) is 0.275. The standard InChI is InChI=1S/C33H30ClFIN3O2/c1-18-11-19(2)24(12-20(18)17-41-29-10-5-21(35)13-26(29)34)30-25(16-37)32(38)39(23-8-6-22(36)7-9-23)27-14-33(3,4)15-28(40)31(27)30/h5-13,30H,14-15,17,38H2,1-4H3. The van der Waals surface area contributed by atoms with Gasteiger partial charge in [-0.15, -0.1) is 0 Å². The second kappa shape index (κ2) is 11.1. The average molecular weight is 682 g/mol. The molecule has 1 aliphatic heterocycles. The van der Waals surface area contributed by atoms with E-state index in [1.807, 2.05) is 55.1 Å². The summed E-state index contributed by atoms with van der Waals surface area (Å²) in [6.07, 6.45) is 1.02. The lowest BCUT2D eigenvalue weighted by molar-refractivity contribution is -0.118. The predicted octanol–water partition coefficient (Wildman–Crippen LogP) is 8.22. The Hall–Kier alpha value is -3.35. The van der Waals surface area contributed by atoms with Crippen LogP contribution in [0.5, 0.6) is 5.75 Å². The number of anilines is 1. The van der Waals surface area contributed by atoms with Crippen molar-refractivity contribution in [3.05, 3.63) is 114 Å². The Morgan fingerprint density at radius 2 is 1.83 bits per heavy atom. The van der Waals surface area contributed by atoms with E-state index in [1.54, 1.807) is 0 Å². The number of ether oxygens (including phenoxy) is 1. The fourth-order valence-corrected chi connectivity index (χ4v) is 6.42. The van der Waals surface area contributed by atoms with E-state index >= 15 is 0 Å². The van der Waals surface area contributed by atoms with Crippen LogP contribution in [0.2, 0.25) is 5.02 Å². The molecule has 0 saturated carbocycles. The molecule has 0 fully saturated rings. The Morgan fingerprint density at radius 3 is 2.49 bits per heavy atom. The first-order valence-electron chi connectivity index (χ1n) is 13.3. The molecular weight excluding hydrogens is 652 g/mol. The van der Waals surface area contributed by atoms with Crippen LogP contribution in [0.25, 0.3) is 0 Å². The van der Waals surface area contributed by atoms with Crippen molar-refractivity contribution in [2.75, 3.05) is 4.90 Å². The van der Waals surface area contributed by atoms with Gasteiger partial charge in [0.05, 0.1) is 22.6 Å². The summed E-state index contributed by atoms with van der Waals surface area (Å²) < 4.78 is 20.6. The van der Waals surface area contributed by atoms with Gasteiger partial charge in [0.2, 0.25) is 0 Å². The number of carbonyl (C=O) groups excluding carboxylic acids is 1. The maximum atomic E-state index is 13.9. The fraction of sp³-hybridized carbons (Fsp3) is 0.273. The molecule has 8 heteroatoms. The number of halogens is 3. The summed E-state index contributed by atoms with van der Waals surface area (Å²) in [5, 5.41) is 10.7. The van der Waals surface area contributed by atoms with Crippen molar-refractivity contribution in [2.45, 2.75) is 53.1 Å². The number of hydrogen-bond donors (Lipinski definition) is 1. The van der Waals surface area contributed by atoms with E-state index < -0.39 is 11.7 Å². The lowest BCUT2D eigenvalue weighted by Crippen LogP contribution is -2.42. The molecule has 0 spiro atoms. The Kier molecular flexibility index (Phi) is 7.92. The van der Waals surface area contributed by atoms with Crippen molar-refractivity contribution >= 4 is 45.7 Å². The summed E-state index contributed by atoms with van der Waals surface area (Å²) in [6, 6.07) is 18.3. The summed E-state index contributed by atoms with van der Waals surface area (Å²) in [6.45, 7) is 8.32. The zero-order valence-electron chi connectivity index (χ0n) is 23.3. The smallest absolute Gasteiger partial charge is 0.162 e. The third-order valence-corrected chi connectivity index (χ3v) is 8.79. The summed E-state index contributed by atoms with van der Waals surface area (Å²) in [7, 11) is 0. The first kappa shape index (κ1) is 29.2. The minimum absolute atomic E-state index is 0.0212. The number of ketones is 1. The Bertz CT molecular complexity index is 1670. The van der Waals surface area contributed by atoms with Crippen LogP contribution in [0.1, 0.15) is 54.9 Å². The largest absolute Gasteiger partial charge is 0.487 e. The third-order valence-electron chi connectivity index (χ3n) is 7.78. The molecule has 0 aromatic heterocycles. The van der Waals surface area contributed by atoms with Gasteiger partial charge in [0.15, 0.2) is 5.78 Å². The molecule has 0 amide bonds. The normalized spacial score (nSPS) is 18.3. The molecule has 3 aromatic carbocycles. The zero-order valence-corrected chi connectivity index (χ0v) is 26.2. The van der Waals surface area contributed by atoms with Crippen molar-refractivity contribution in [1.82, 2.24) is 0 Å². The van der Waals surface area contributed by atoms with Crippen molar-refractivity contribution in [3.8, 4) is 11.8 Å². The highest BCUT2D eigenvalue weighted by Crippen LogP contribution is 2.51. The molecule has 1 aliphatic carbocycles. The van der Waals surface area contributed by atoms with Gasteiger partial charge in [-0.25, -0.2) is 4.39 Å². The fourth-order valence-electron chi connectivity index (χ4n) is 5.84. The maximum Gasteiger partial charge on any atom is 0.162 e. The minimum Gasteiger partial charge on any atom is -0.487 e. The zero-order chi connectivity index (χ0) is 29.6. The first-order valence-corrected chi connectivity index (χ1v) is 14.8. The molecular formula is C33H30ClFIN3O2. The van der Waals surface area contributed by atoms with E-state index in [2.05, 4.69) is 42.5 Å². The van der Waals surface area contributed by atoms with E-state index in [0.29, 0.717) is 35.6 Å². The molecule has 1 atom stereocenters. The van der Waals surface area contributed by atoms with E-state index in [-0.39, 0.29) is 22.8 Å². The Morgan fingerprint density at radius 1 is 1.12 bits per heavy atom. The van der Waals surface area contributed by atoms with Gasteiger partial charge in [-0.1, -0.05) is 37.6 Å². The summed E-state index contributed by atoms with van der Waals surface area (Å²) in [5.74, 6) is -0.318. The van der Waals surface area contributed by atoms with E-state index in [1.165, 1.54) is 18.2 Å². The molecule has 5 rings (SSSR count). The van der Waals surface area contributed by atoms with Crippen LogP contribution in [0.3, 0.4) is 0 Å². The number of rotatable bonds is 5. The molecule has 5 nitrogen and oxygen atoms in total. The monoisotopic (exact) mass is 681 g/mol. The van der Waals surface area contributed by atoms with E-state index in [4.69, 9.17) is 22.1 Å². The van der Waals surface area contributed by atoms with Crippen LogP contribution >= 0.6 is 34.2 Å². The summed E-state index contributed by atoms with van der Waals surface area (Å²) in [5.41, 5.74) is 12.8. The number of nitriles is 1. The van der Waals surface area contributed by atoms with Gasteiger partial charge in [0.1, 0.15) is 24.0 Å². The number of carbonyl (C=O) groups is 1. The van der Waals surface area contributed by atoms with E-state index in [9.17, 15) is 14.4 Å². The highest BCUT2D eigenvalue weighted by atomic mass is 127. The van der Waals surface area contributed by atoms with Crippen LogP contribution in [0.4, 0.5) is 10.1 Å². The van der Waals surface area contributed by atoms with Crippen molar-refractivity contribution in [2.24, 2.45) is 11.1 Å². The predicted molar refractivity (Wildman–Crippen MR) is 168 cm³/mol. The van der Waals surface area contributed by atoms with Gasteiger partial charge in [-0.2, -0.15) is 5.26 Å². The Balaban J connectivity index is 1.65. The molecule has 210 valence electrons. The molecule has 1 heterocycles. The lowest BCUT2D eigenvalue weighted by Gasteiger charge is -2.44. The molecule has 0 saturated heterocycles. The molecule has 2 aliphatic rings. The van der Waals surface area contributed by atoms with Crippen LogP contribution in [0.15, 0.2) is 77.3 Å². The van der Waals surface area contributed by atoms with Crippen molar-refractivity contribution in [3.63, 3.8) is 0 Å². The second-order valence-electron chi connectivity index (χ2n) is 11.5. The van der Waals surface area contributed by atoms with Crippen LogP contribution in [-0.2, 0) is 11.4 Å². The van der Waals surface area contributed by atoms with Crippen molar-refractivity contribution in [1.29, 1.82) is 5.26 Å². The minimum atomic E-state index is -0.604. The number of benzene rings is 3. The number of hydrogen-bond acceptors (Lipinski definition) is 5. The van der Waals surface area contributed by atoms with Crippen LogP contribution in [-0.4, -0.2) is 5.78 Å². The number of allylic oxidation sites excluding steroid dienone is 3. The van der Waals surface area contributed by atoms with Gasteiger partial charge in [0.25, 0.3) is 0 Å². The van der Waals surface area contributed by atoms with Gasteiger partial charge in [-0.05, 0) is 113 Å². The number of nitrogens with zero attached hydrogens (tertiary/aromatic N) is 2. The third kappa shape index (κ3) is 5.60. The number of aryl methyl sites for hydroxylation is 2. The van der Waals surface area contributed by atoms with E-state index in [0.717, 1.165) is 37.2 Å². The first-order chi connectivity index (χ1) is 19.4. The topological polar surface area (TPSA) is 79.4 Å². The van der Waals surface area contributed by atoms with Gasteiger partial charge < -0.3 is 10.5 Å². The second-order valence-corrected chi connectivity index (χ2v) is 13.1. The van der Waals surface area contributed by atoms with Gasteiger partial charge in [-0.3, -0.25) is 9.69 Å². The average Bonchev–Trinajstić information content (AvgIpc) is 2.89. The number of Topliss-reactive ketones (excluding diaryl/α,β-unsaturated/α-hetero) is 1. The SMILES string of the molecule is Cc1cc(C)c(C2C(C#N)=C(N)N(c3ccc(I)cc3)C3=C2C(=O)CC(C)(C)C3)cc1COc1ccc(F)cc1Cl. The molecule has 3 aromatic rings. The van der Waals surface area contributed by atoms with Gasteiger partial charge >= 0.3 is 0 Å². The van der Waals surface area contributed by atoms with Crippen LogP contribution < -0.4 is 15.4 Å². The van der Waals surface area contributed by atoms with Gasteiger partial charge in [0, 0.05) is 26.9 Å². The molecule has 2 N–H and O–H groups in total. The summed E-state index contributed by atoms with van der Waals surface area (Å²) >= 11 is 8.44. The maximum absolute atomic E-state index is 13.9. The number of nitrogens with two attached hydrogens (primary N) is 1. The molecule has 1 unspecified atom stereocenters. The molecule has 41 heavy (non-hydrogen) atoms. The lowest BCUT2D eigenvalue weighted by atomic mass is 9.68. The highest BCUT2D eigenvalue weighted by Gasteiger charge is 2.45.